The third-order valence-corrected chi connectivity index (χ3v) is 6.07. The number of rotatable bonds is 8. The van der Waals surface area contributed by atoms with Crippen molar-refractivity contribution < 1.29 is 9.59 Å². The first-order valence-corrected chi connectivity index (χ1v) is 11.7. The topological polar surface area (TPSA) is 87.5 Å². The zero-order valence-corrected chi connectivity index (χ0v) is 19.8. The van der Waals surface area contributed by atoms with Gasteiger partial charge < -0.3 is 21.3 Å². The van der Waals surface area contributed by atoms with Gasteiger partial charge in [-0.15, -0.1) is 0 Å². The molecule has 0 spiro atoms. The fourth-order valence-electron chi connectivity index (χ4n) is 4.20. The number of nitrogens with zero attached hydrogens (tertiary/aromatic N) is 1. The summed E-state index contributed by atoms with van der Waals surface area (Å²) >= 11 is 0. The third-order valence-electron chi connectivity index (χ3n) is 6.07. The molecule has 6 heteroatoms. The molecule has 0 aliphatic carbocycles. The first-order chi connectivity index (χ1) is 16.5. The Morgan fingerprint density at radius 1 is 1.09 bits per heavy atom. The first kappa shape index (κ1) is 24.8. The quantitative estimate of drug-likeness (QED) is 0.397. The summed E-state index contributed by atoms with van der Waals surface area (Å²) < 4.78 is 0. The number of allylic oxidation sites excluding steroid dienone is 3. The van der Waals surface area contributed by atoms with Crippen molar-refractivity contribution in [1.82, 2.24) is 15.5 Å². The van der Waals surface area contributed by atoms with E-state index in [1.165, 1.54) is 0 Å². The second-order valence-electron chi connectivity index (χ2n) is 8.42. The van der Waals surface area contributed by atoms with E-state index in [2.05, 4.69) is 42.3 Å². The fraction of sp³-hybridized carbons (Fsp3) is 0.286. The maximum atomic E-state index is 13.2. The smallest absolute Gasteiger partial charge is 0.315 e. The average Bonchev–Trinajstić information content (AvgIpc) is 2.87. The van der Waals surface area contributed by atoms with Gasteiger partial charge in [0.1, 0.15) is 0 Å². The minimum Gasteiger partial charge on any atom is -0.399 e. The van der Waals surface area contributed by atoms with E-state index in [1.807, 2.05) is 41.3 Å². The molecule has 1 atom stereocenters. The lowest BCUT2D eigenvalue weighted by atomic mass is 9.89. The third kappa shape index (κ3) is 6.85. The fourth-order valence-corrected chi connectivity index (χ4v) is 4.20. The zero-order valence-electron chi connectivity index (χ0n) is 19.8. The molecule has 4 N–H and O–H groups in total. The predicted molar refractivity (Wildman–Crippen MR) is 139 cm³/mol. The van der Waals surface area contributed by atoms with E-state index in [9.17, 15) is 9.59 Å². The maximum absolute atomic E-state index is 13.2. The van der Waals surface area contributed by atoms with Gasteiger partial charge in [0.15, 0.2) is 0 Å². The summed E-state index contributed by atoms with van der Waals surface area (Å²) in [5.74, 6) is -0.0855. The Kier molecular flexibility index (Phi) is 9.09. The average molecular weight is 459 g/mol. The number of likely N-dealkylation sites (tertiary alicyclic amines) is 1. The summed E-state index contributed by atoms with van der Waals surface area (Å²) in [7, 11) is 0. The van der Waals surface area contributed by atoms with Crippen molar-refractivity contribution in [2.75, 3.05) is 18.8 Å². The van der Waals surface area contributed by atoms with Crippen LogP contribution in [0.2, 0.25) is 0 Å². The molecule has 3 amide bonds. The first-order valence-electron chi connectivity index (χ1n) is 11.7. The van der Waals surface area contributed by atoms with Crippen LogP contribution in [0.4, 0.5) is 10.5 Å². The SMILES string of the molecule is C=C/C=C\C(=C(/C)c1ccccc1)C1CCCCN1C(=O)CNC(=O)NCc1ccc(N)cc1. The van der Waals surface area contributed by atoms with E-state index >= 15 is 0 Å². The molecular formula is C28H34N4O2. The van der Waals surface area contributed by atoms with E-state index in [-0.39, 0.29) is 24.5 Å². The normalized spacial score (nSPS) is 16.6. The van der Waals surface area contributed by atoms with Crippen molar-refractivity contribution in [2.45, 2.75) is 38.8 Å². The Labute approximate surface area is 202 Å². The molecule has 1 heterocycles. The van der Waals surface area contributed by atoms with Crippen LogP contribution < -0.4 is 16.4 Å². The molecule has 0 saturated carbocycles. The van der Waals surface area contributed by atoms with Crippen molar-refractivity contribution in [3.63, 3.8) is 0 Å². The number of hydrogen-bond donors (Lipinski definition) is 3. The van der Waals surface area contributed by atoms with Gasteiger partial charge in [0.2, 0.25) is 5.91 Å². The highest BCUT2D eigenvalue weighted by atomic mass is 16.2. The van der Waals surface area contributed by atoms with Crippen molar-refractivity contribution in [2.24, 2.45) is 0 Å². The molecule has 34 heavy (non-hydrogen) atoms. The van der Waals surface area contributed by atoms with Crippen molar-refractivity contribution >= 4 is 23.2 Å². The van der Waals surface area contributed by atoms with E-state index in [0.717, 1.165) is 41.5 Å². The van der Waals surface area contributed by atoms with Gasteiger partial charge >= 0.3 is 6.03 Å². The van der Waals surface area contributed by atoms with Crippen molar-refractivity contribution in [3.8, 4) is 0 Å². The lowest BCUT2D eigenvalue weighted by molar-refractivity contribution is -0.132. The number of urea groups is 1. The molecule has 1 unspecified atom stereocenters. The lowest BCUT2D eigenvalue weighted by Gasteiger charge is -2.37. The summed E-state index contributed by atoms with van der Waals surface area (Å²) in [6.45, 7) is 6.89. The second kappa shape index (κ2) is 12.4. The Bertz CT molecular complexity index is 1040. The number of nitrogens with two attached hydrogens (primary N) is 1. The summed E-state index contributed by atoms with van der Waals surface area (Å²) in [5, 5.41) is 5.49. The Morgan fingerprint density at radius 2 is 1.82 bits per heavy atom. The number of benzene rings is 2. The Hall–Kier alpha value is -3.80. The van der Waals surface area contributed by atoms with Crippen molar-refractivity contribution in [1.29, 1.82) is 0 Å². The molecule has 1 saturated heterocycles. The molecule has 1 aliphatic heterocycles. The standard InChI is InChI=1S/C28H34N4O2/c1-3-4-12-25(21(2)23-10-6-5-7-11-23)26-13-8-9-18-32(26)27(33)20-31-28(34)30-19-22-14-16-24(29)17-15-22/h3-7,10-12,14-17,26H,1,8-9,13,18-20,29H2,2H3,(H2,30,31,34)/b12-4-,25-21-. The zero-order chi connectivity index (χ0) is 24.3. The Balaban J connectivity index is 1.68. The van der Waals surface area contributed by atoms with Gasteiger partial charge in [-0.05, 0) is 60.6 Å². The maximum Gasteiger partial charge on any atom is 0.315 e. The molecule has 2 aromatic carbocycles. The molecule has 2 aromatic rings. The number of nitrogen functional groups attached to an aromatic ring is 1. The molecule has 1 fully saturated rings. The molecular weight excluding hydrogens is 424 g/mol. The van der Waals surface area contributed by atoms with Crippen LogP contribution in [0.5, 0.6) is 0 Å². The second-order valence-corrected chi connectivity index (χ2v) is 8.42. The van der Waals surface area contributed by atoms with Gasteiger partial charge in [0.25, 0.3) is 0 Å². The summed E-state index contributed by atoms with van der Waals surface area (Å²) in [6.07, 6.45) is 8.61. The van der Waals surface area contributed by atoms with Crippen LogP contribution in [0.3, 0.4) is 0 Å². The molecule has 3 rings (SSSR count). The van der Waals surface area contributed by atoms with Gasteiger partial charge in [0.05, 0.1) is 12.6 Å². The molecule has 0 bridgehead atoms. The summed E-state index contributed by atoms with van der Waals surface area (Å²) in [6, 6.07) is 17.1. The molecule has 1 aliphatic rings. The number of amides is 3. The van der Waals surface area contributed by atoms with Crippen LogP contribution in [0.1, 0.15) is 37.3 Å². The van der Waals surface area contributed by atoms with Gasteiger partial charge in [-0.3, -0.25) is 4.79 Å². The highest BCUT2D eigenvalue weighted by Crippen LogP contribution is 2.30. The minimum absolute atomic E-state index is 0.0442. The van der Waals surface area contributed by atoms with Crippen LogP contribution in [0.25, 0.3) is 5.57 Å². The number of hydrogen-bond acceptors (Lipinski definition) is 3. The number of nitrogens with one attached hydrogen (secondary N) is 2. The van der Waals surface area contributed by atoms with Gasteiger partial charge in [-0.25, -0.2) is 4.79 Å². The van der Waals surface area contributed by atoms with E-state index in [1.54, 1.807) is 18.2 Å². The minimum atomic E-state index is -0.374. The number of carbonyl (C=O) groups excluding carboxylic acids is 2. The van der Waals surface area contributed by atoms with Gasteiger partial charge in [-0.2, -0.15) is 0 Å². The molecule has 0 aromatic heterocycles. The van der Waals surface area contributed by atoms with Crippen LogP contribution in [0.15, 0.2) is 85.0 Å². The number of anilines is 1. The largest absolute Gasteiger partial charge is 0.399 e. The predicted octanol–water partition coefficient (Wildman–Crippen LogP) is 4.67. The van der Waals surface area contributed by atoms with E-state index in [0.29, 0.717) is 18.8 Å². The van der Waals surface area contributed by atoms with E-state index in [4.69, 9.17) is 5.73 Å². The van der Waals surface area contributed by atoms with E-state index < -0.39 is 0 Å². The molecule has 6 nitrogen and oxygen atoms in total. The highest BCUT2D eigenvalue weighted by Gasteiger charge is 2.29. The monoisotopic (exact) mass is 458 g/mol. The van der Waals surface area contributed by atoms with Crippen LogP contribution in [-0.4, -0.2) is 36.0 Å². The summed E-state index contributed by atoms with van der Waals surface area (Å²) in [4.78, 5) is 27.3. The van der Waals surface area contributed by atoms with Crippen LogP contribution >= 0.6 is 0 Å². The number of carbonyl (C=O) groups is 2. The van der Waals surface area contributed by atoms with Gasteiger partial charge in [-0.1, -0.05) is 67.3 Å². The summed E-state index contributed by atoms with van der Waals surface area (Å²) in [5.41, 5.74) is 10.7. The Morgan fingerprint density at radius 3 is 2.53 bits per heavy atom. The highest BCUT2D eigenvalue weighted by molar-refractivity contribution is 5.85. The van der Waals surface area contributed by atoms with Gasteiger partial charge in [0, 0.05) is 18.8 Å². The molecule has 178 valence electrons. The number of piperidine rings is 1. The van der Waals surface area contributed by atoms with Crippen LogP contribution in [0, 0.1) is 0 Å². The van der Waals surface area contributed by atoms with Crippen molar-refractivity contribution in [3.05, 3.63) is 96.1 Å². The van der Waals surface area contributed by atoms with Crippen LogP contribution in [-0.2, 0) is 11.3 Å². The lowest BCUT2D eigenvalue weighted by Crippen LogP contribution is -2.49. The molecule has 0 radical (unpaired) electrons.